The predicted molar refractivity (Wildman–Crippen MR) is 113 cm³/mol. The summed E-state index contributed by atoms with van der Waals surface area (Å²) in [5.74, 6) is 3.82. The number of nitrogens with one attached hydrogen (secondary N) is 1. The number of carbonyl (C=O) groups is 3. The zero-order valence-electron chi connectivity index (χ0n) is 17.3. The molecule has 1 aliphatic rings. The molecule has 1 saturated carbocycles. The van der Waals surface area contributed by atoms with Crippen LogP contribution in [0.15, 0.2) is 36.4 Å². The van der Waals surface area contributed by atoms with Crippen molar-refractivity contribution < 1.29 is 18.8 Å². The Morgan fingerprint density at radius 1 is 1.13 bits per heavy atom. The molecule has 0 heterocycles. The van der Waals surface area contributed by atoms with Gasteiger partial charge in [-0.05, 0) is 80.3 Å². The molecule has 154 valence electrons. The van der Waals surface area contributed by atoms with Gasteiger partial charge in [-0.3, -0.25) is 14.4 Å². The van der Waals surface area contributed by atoms with Gasteiger partial charge in [-0.1, -0.05) is 5.92 Å². The Hall–Kier alpha value is -3.26. The Balaban J connectivity index is 1.67. The molecule has 5 heteroatoms. The summed E-state index contributed by atoms with van der Waals surface area (Å²) in [5.41, 5.74) is 3.79. The summed E-state index contributed by atoms with van der Waals surface area (Å²) in [6.07, 6.45) is 0.580. The minimum atomic E-state index is -0.744. The lowest BCUT2D eigenvalue weighted by Crippen LogP contribution is -2.27. The number of benzene rings is 2. The van der Waals surface area contributed by atoms with E-state index in [0.717, 1.165) is 22.3 Å². The fourth-order valence-corrected chi connectivity index (χ4v) is 4.11. The summed E-state index contributed by atoms with van der Waals surface area (Å²) in [7, 11) is 0. The maximum Gasteiger partial charge on any atom is 0.251 e. The highest BCUT2D eigenvalue weighted by Gasteiger charge is 2.42. The zero-order chi connectivity index (χ0) is 21.8. The normalized spacial score (nSPS) is 18.1. The Morgan fingerprint density at radius 3 is 2.37 bits per heavy atom. The molecule has 1 fully saturated rings. The van der Waals surface area contributed by atoms with E-state index in [1.54, 1.807) is 6.92 Å². The van der Waals surface area contributed by atoms with Crippen molar-refractivity contribution in [1.29, 1.82) is 0 Å². The smallest absolute Gasteiger partial charge is 0.251 e. The van der Waals surface area contributed by atoms with Crippen molar-refractivity contribution in [3.63, 3.8) is 0 Å². The van der Waals surface area contributed by atoms with Crippen LogP contribution in [0.25, 0.3) is 0 Å². The summed E-state index contributed by atoms with van der Waals surface area (Å²) >= 11 is 0. The van der Waals surface area contributed by atoms with Crippen molar-refractivity contribution in [3.05, 3.63) is 70.0 Å². The van der Waals surface area contributed by atoms with Gasteiger partial charge < -0.3 is 5.32 Å². The lowest BCUT2D eigenvalue weighted by molar-refractivity contribution is -0.124. The van der Waals surface area contributed by atoms with E-state index >= 15 is 0 Å². The van der Waals surface area contributed by atoms with Crippen LogP contribution in [0.3, 0.4) is 0 Å². The van der Waals surface area contributed by atoms with Gasteiger partial charge in [-0.15, -0.1) is 5.92 Å². The fourth-order valence-electron chi connectivity index (χ4n) is 4.11. The maximum absolute atomic E-state index is 13.0. The quantitative estimate of drug-likeness (QED) is 0.607. The van der Waals surface area contributed by atoms with E-state index in [-0.39, 0.29) is 30.4 Å². The molecule has 30 heavy (non-hydrogen) atoms. The van der Waals surface area contributed by atoms with Crippen LogP contribution < -0.4 is 5.32 Å². The highest BCUT2D eigenvalue weighted by atomic mass is 19.1. The molecule has 2 aromatic rings. The minimum absolute atomic E-state index is 0.0737. The first kappa shape index (κ1) is 21.4. The van der Waals surface area contributed by atoms with E-state index in [1.165, 1.54) is 24.3 Å². The molecule has 3 rings (SSSR count). The van der Waals surface area contributed by atoms with Crippen molar-refractivity contribution >= 4 is 17.5 Å². The summed E-state index contributed by atoms with van der Waals surface area (Å²) in [5, 5.41) is 2.74. The molecule has 2 aromatic carbocycles. The van der Waals surface area contributed by atoms with Crippen LogP contribution in [-0.4, -0.2) is 24.0 Å². The van der Waals surface area contributed by atoms with Crippen molar-refractivity contribution in [2.24, 2.45) is 5.92 Å². The second-order valence-electron chi connectivity index (χ2n) is 7.65. The molecule has 0 aliphatic heterocycles. The Labute approximate surface area is 175 Å². The predicted octanol–water partition coefficient (Wildman–Crippen LogP) is 3.88. The van der Waals surface area contributed by atoms with Gasteiger partial charge in [0.1, 0.15) is 17.5 Å². The Bertz CT molecular complexity index is 1040. The number of carbonyl (C=O) groups excluding carboxylic acids is 3. The number of rotatable bonds is 5. The van der Waals surface area contributed by atoms with Gasteiger partial charge in [0.05, 0.1) is 0 Å². The van der Waals surface area contributed by atoms with E-state index in [2.05, 4.69) is 17.2 Å². The van der Waals surface area contributed by atoms with E-state index in [0.29, 0.717) is 12.0 Å². The molecular weight excluding hydrogens is 381 g/mol. The first-order valence-corrected chi connectivity index (χ1v) is 9.96. The summed E-state index contributed by atoms with van der Waals surface area (Å²) in [6, 6.07) is 9.08. The lowest BCUT2D eigenvalue weighted by atomic mass is 9.86. The van der Waals surface area contributed by atoms with Gasteiger partial charge in [0.2, 0.25) is 0 Å². The Kier molecular flexibility index (Phi) is 6.47. The van der Waals surface area contributed by atoms with Gasteiger partial charge in [0.15, 0.2) is 5.78 Å². The molecule has 0 spiro atoms. The van der Waals surface area contributed by atoms with Crippen LogP contribution >= 0.6 is 0 Å². The van der Waals surface area contributed by atoms with Crippen molar-refractivity contribution in [2.75, 3.05) is 6.54 Å². The molecule has 1 amide bonds. The average Bonchev–Trinajstić information content (AvgIpc) is 2.96. The highest BCUT2D eigenvalue weighted by molar-refractivity contribution is 6.15. The first-order chi connectivity index (χ1) is 14.3. The number of halogens is 1. The van der Waals surface area contributed by atoms with E-state index in [9.17, 15) is 18.8 Å². The van der Waals surface area contributed by atoms with Crippen molar-refractivity contribution in [3.8, 4) is 11.8 Å². The monoisotopic (exact) mass is 405 g/mol. The minimum Gasteiger partial charge on any atom is -0.352 e. The number of hydrogen-bond donors (Lipinski definition) is 1. The lowest BCUT2D eigenvalue weighted by Gasteiger charge is -2.16. The first-order valence-electron chi connectivity index (χ1n) is 9.96. The molecule has 2 atom stereocenters. The number of aryl methyl sites for hydroxylation is 2. The van der Waals surface area contributed by atoms with Gasteiger partial charge in [-0.2, -0.15) is 0 Å². The largest absolute Gasteiger partial charge is 0.352 e. The zero-order valence-corrected chi connectivity index (χ0v) is 17.3. The number of amides is 1. The number of Topliss-reactive ketones (excluding diaryl/α,β-unsaturated/α-hetero) is 2. The van der Waals surface area contributed by atoms with E-state index in [4.69, 9.17) is 0 Å². The fraction of sp³-hybridized carbons (Fsp3) is 0.320. The second-order valence-corrected chi connectivity index (χ2v) is 7.65. The van der Waals surface area contributed by atoms with Crippen LogP contribution in [-0.2, 0) is 9.59 Å². The maximum atomic E-state index is 13.0. The molecule has 1 N–H and O–H groups in total. The molecule has 4 nitrogen and oxygen atoms in total. The SMILES string of the molecule is CC#Cc1cc(C)c(C2C(=O)CC(CCNC(=O)c3ccc(F)cc3)C2=O)c(C)c1. The molecule has 2 unspecified atom stereocenters. The van der Waals surface area contributed by atoms with Crippen molar-refractivity contribution in [1.82, 2.24) is 5.32 Å². The second kappa shape index (κ2) is 9.04. The van der Waals surface area contributed by atoms with E-state index < -0.39 is 17.7 Å². The van der Waals surface area contributed by atoms with Crippen molar-refractivity contribution in [2.45, 2.75) is 39.5 Å². The van der Waals surface area contributed by atoms with Gasteiger partial charge in [0, 0.05) is 30.0 Å². The van der Waals surface area contributed by atoms with Gasteiger partial charge in [-0.25, -0.2) is 4.39 Å². The highest BCUT2D eigenvalue weighted by Crippen LogP contribution is 2.37. The van der Waals surface area contributed by atoms with Crippen LogP contribution in [0.2, 0.25) is 0 Å². The van der Waals surface area contributed by atoms with Crippen LogP contribution in [0, 0.1) is 37.4 Å². The third-order valence-corrected chi connectivity index (χ3v) is 5.49. The van der Waals surface area contributed by atoms with E-state index in [1.807, 2.05) is 26.0 Å². The molecule has 1 aliphatic carbocycles. The molecule has 0 aromatic heterocycles. The standard InChI is InChI=1S/C25H24FNO3/c1-4-5-17-12-15(2)22(16(3)13-17)23-21(28)14-19(24(23)29)10-11-27-25(30)18-6-8-20(26)9-7-18/h6-9,12-13,19,23H,10-11,14H2,1-3H3,(H,27,30). The van der Waals surface area contributed by atoms with Crippen LogP contribution in [0.4, 0.5) is 4.39 Å². The van der Waals surface area contributed by atoms with Crippen LogP contribution in [0.5, 0.6) is 0 Å². The third kappa shape index (κ3) is 4.49. The number of hydrogen-bond acceptors (Lipinski definition) is 3. The van der Waals surface area contributed by atoms with Gasteiger partial charge in [0.25, 0.3) is 5.91 Å². The molecular formula is C25H24FNO3. The van der Waals surface area contributed by atoms with Crippen LogP contribution in [0.1, 0.15) is 58.3 Å². The third-order valence-electron chi connectivity index (χ3n) is 5.49. The average molecular weight is 405 g/mol. The molecule has 0 bridgehead atoms. The molecule has 0 radical (unpaired) electrons. The Morgan fingerprint density at radius 2 is 1.77 bits per heavy atom. The van der Waals surface area contributed by atoms with Gasteiger partial charge >= 0.3 is 0 Å². The summed E-state index contributed by atoms with van der Waals surface area (Å²) in [6.45, 7) is 5.84. The topological polar surface area (TPSA) is 63.2 Å². The summed E-state index contributed by atoms with van der Waals surface area (Å²) in [4.78, 5) is 37.8. The number of ketones is 2. The molecule has 0 saturated heterocycles. The summed E-state index contributed by atoms with van der Waals surface area (Å²) < 4.78 is 13.0.